The van der Waals surface area contributed by atoms with Crippen molar-refractivity contribution < 1.29 is 19.5 Å². The van der Waals surface area contributed by atoms with E-state index in [1.165, 1.54) is 0 Å². The van der Waals surface area contributed by atoms with E-state index in [2.05, 4.69) is 5.16 Å². The van der Waals surface area contributed by atoms with Gasteiger partial charge in [-0.1, -0.05) is 35.5 Å². The number of oxime groups is 1. The second-order valence-electron chi connectivity index (χ2n) is 3.92. The molecule has 0 bridgehead atoms. The Bertz CT molecular complexity index is 444. The minimum atomic E-state index is -0.532. The molecule has 18 heavy (non-hydrogen) atoms. The first-order valence-electron chi connectivity index (χ1n) is 5.84. The van der Waals surface area contributed by atoms with Gasteiger partial charge in [0.05, 0.1) is 19.1 Å². The van der Waals surface area contributed by atoms with Crippen LogP contribution in [0.15, 0.2) is 35.5 Å². The number of hydrogen-bond donors (Lipinski definition) is 1. The van der Waals surface area contributed by atoms with Crippen LogP contribution in [0.3, 0.4) is 0 Å². The Hall–Kier alpha value is -1.88. The van der Waals surface area contributed by atoms with Crippen LogP contribution in [0.4, 0.5) is 0 Å². The summed E-state index contributed by atoms with van der Waals surface area (Å²) in [5.41, 5.74) is 1.02. The highest BCUT2D eigenvalue weighted by Gasteiger charge is 2.39. The van der Waals surface area contributed by atoms with Crippen molar-refractivity contribution in [3.8, 4) is 0 Å². The third-order valence-corrected chi connectivity index (χ3v) is 2.79. The Kier molecular flexibility index (Phi) is 3.94. The number of hydrogen-bond acceptors (Lipinski definition) is 5. The van der Waals surface area contributed by atoms with Crippen molar-refractivity contribution in [1.82, 2.24) is 0 Å². The lowest BCUT2D eigenvalue weighted by molar-refractivity contribution is -0.135. The zero-order valence-electron chi connectivity index (χ0n) is 10.1. The molecule has 1 N–H and O–H groups in total. The first kappa shape index (κ1) is 12.6. The van der Waals surface area contributed by atoms with Gasteiger partial charge in [0.1, 0.15) is 0 Å². The maximum absolute atomic E-state index is 11.6. The average molecular weight is 249 g/mol. The van der Waals surface area contributed by atoms with E-state index in [9.17, 15) is 9.90 Å². The molecule has 0 aliphatic carbocycles. The molecule has 1 aromatic carbocycles. The van der Waals surface area contributed by atoms with E-state index in [0.29, 0.717) is 0 Å². The van der Waals surface area contributed by atoms with Gasteiger partial charge in [0, 0.05) is 0 Å². The number of aliphatic hydroxyl groups is 1. The van der Waals surface area contributed by atoms with Gasteiger partial charge in [0.2, 0.25) is 0 Å². The van der Waals surface area contributed by atoms with Gasteiger partial charge in [0.15, 0.2) is 11.8 Å². The summed E-state index contributed by atoms with van der Waals surface area (Å²) in [6.45, 7) is 1.78. The lowest BCUT2D eigenvalue weighted by atomic mass is 9.93. The molecule has 1 aliphatic heterocycles. The maximum atomic E-state index is 11.6. The highest BCUT2D eigenvalue weighted by Crippen LogP contribution is 2.32. The molecule has 0 fully saturated rings. The highest BCUT2D eigenvalue weighted by molar-refractivity contribution is 6.37. The Labute approximate surface area is 105 Å². The van der Waals surface area contributed by atoms with Gasteiger partial charge in [-0.2, -0.15) is 0 Å². The summed E-state index contributed by atoms with van der Waals surface area (Å²) in [5, 5.41) is 13.2. The molecule has 0 unspecified atom stereocenters. The van der Waals surface area contributed by atoms with E-state index in [0.717, 1.165) is 5.56 Å². The molecule has 0 aromatic heterocycles. The van der Waals surface area contributed by atoms with E-state index < -0.39 is 18.0 Å². The zero-order valence-corrected chi connectivity index (χ0v) is 10.1. The third-order valence-electron chi connectivity index (χ3n) is 2.79. The van der Waals surface area contributed by atoms with Crippen LogP contribution in [0.25, 0.3) is 0 Å². The van der Waals surface area contributed by atoms with E-state index in [4.69, 9.17) is 9.57 Å². The quantitative estimate of drug-likeness (QED) is 0.816. The fourth-order valence-electron chi connectivity index (χ4n) is 1.91. The number of carbonyl (C=O) groups is 1. The van der Waals surface area contributed by atoms with Crippen molar-refractivity contribution in [3.05, 3.63) is 35.9 Å². The molecule has 0 spiro atoms. The SMILES string of the molecule is CCOC(=O)C1=NO[C@H](c2ccccc2)[C@H]1CO. The summed E-state index contributed by atoms with van der Waals surface area (Å²) in [5.74, 6) is -1.01. The van der Waals surface area contributed by atoms with Gasteiger partial charge in [0.25, 0.3) is 0 Å². The van der Waals surface area contributed by atoms with Gasteiger partial charge < -0.3 is 14.7 Å². The van der Waals surface area contributed by atoms with Crippen molar-refractivity contribution in [3.63, 3.8) is 0 Å². The smallest absolute Gasteiger partial charge is 0.356 e. The van der Waals surface area contributed by atoms with Gasteiger partial charge in [-0.05, 0) is 12.5 Å². The number of nitrogens with zero attached hydrogens (tertiary/aromatic N) is 1. The molecule has 1 aliphatic rings. The van der Waals surface area contributed by atoms with Crippen LogP contribution < -0.4 is 0 Å². The summed E-state index contributed by atoms with van der Waals surface area (Å²) in [7, 11) is 0. The first-order valence-corrected chi connectivity index (χ1v) is 5.84. The number of ether oxygens (including phenoxy) is 1. The largest absolute Gasteiger partial charge is 0.461 e. The van der Waals surface area contributed by atoms with Crippen LogP contribution in [0.1, 0.15) is 18.6 Å². The summed E-state index contributed by atoms with van der Waals surface area (Å²) < 4.78 is 4.88. The number of benzene rings is 1. The molecule has 96 valence electrons. The normalized spacial score (nSPS) is 22.2. The van der Waals surface area contributed by atoms with Crippen LogP contribution in [0, 0.1) is 5.92 Å². The van der Waals surface area contributed by atoms with Crippen LogP contribution in [-0.2, 0) is 14.4 Å². The fourth-order valence-corrected chi connectivity index (χ4v) is 1.91. The minimum Gasteiger partial charge on any atom is -0.461 e. The van der Waals surface area contributed by atoms with Crippen molar-refractivity contribution in [1.29, 1.82) is 0 Å². The van der Waals surface area contributed by atoms with Crippen molar-refractivity contribution in [2.75, 3.05) is 13.2 Å². The number of rotatable bonds is 4. The summed E-state index contributed by atoms with van der Waals surface area (Å²) in [6.07, 6.45) is -0.435. The molecular weight excluding hydrogens is 234 g/mol. The minimum absolute atomic E-state index is 0.146. The second-order valence-corrected chi connectivity index (χ2v) is 3.92. The predicted octanol–water partition coefficient (Wildman–Crippen LogP) is 1.29. The molecule has 5 nitrogen and oxygen atoms in total. The van der Waals surface area contributed by atoms with E-state index in [-0.39, 0.29) is 18.9 Å². The monoisotopic (exact) mass is 249 g/mol. The number of carbonyl (C=O) groups excluding carboxylic acids is 1. The Morgan fingerprint density at radius 2 is 2.17 bits per heavy atom. The zero-order chi connectivity index (χ0) is 13.0. The Morgan fingerprint density at radius 3 is 2.78 bits per heavy atom. The summed E-state index contributed by atoms with van der Waals surface area (Å²) >= 11 is 0. The summed E-state index contributed by atoms with van der Waals surface area (Å²) in [6, 6.07) is 9.37. The third kappa shape index (κ3) is 2.36. The van der Waals surface area contributed by atoms with Crippen molar-refractivity contribution in [2.24, 2.45) is 11.1 Å². The van der Waals surface area contributed by atoms with Crippen LogP contribution >= 0.6 is 0 Å². The fraction of sp³-hybridized carbons (Fsp3) is 0.385. The standard InChI is InChI=1S/C13H15NO4/c1-2-17-13(16)11-10(8-15)12(18-14-11)9-6-4-3-5-7-9/h3-7,10,12,15H,2,8H2,1H3/t10-,12+/m0/s1. The van der Waals surface area contributed by atoms with Crippen molar-refractivity contribution in [2.45, 2.75) is 13.0 Å². The van der Waals surface area contributed by atoms with Gasteiger partial charge >= 0.3 is 5.97 Å². The topological polar surface area (TPSA) is 68.1 Å². The number of esters is 1. The van der Waals surface area contributed by atoms with E-state index in [1.807, 2.05) is 30.3 Å². The van der Waals surface area contributed by atoms with Crippen LogP contribution in [-0.4, -0.2) is 30.0 Å². The van der Waals surface area contributed by atoms with Gasteiger partial charge in [-0.15, -0.1) is 0 Å². The second kappa shape index (κ2) is 5.64. The lowest BCUT2D eigenvalue weighted by Gasteiger charge is -2.16. The van der Waals surface area contributed by atoms with Gasteiger partial charge in [-0.25, -0.2) is 4.79 Å². The number of aliphatic hydroxyl groups excluding tert-OH is 1. The molecule has 2 rings (SSSR count). The average Bonchev–Trinajstić information content (AvgIpc) is 2.83. The molecule has 0 saturated heterocycles. The predicted molar refractivity (Wildman–Crippen MR) is 64.9 cm³/mol. The van der Waals surface area contributed by atoms with Crippen LogP contribution in [0.5, 0.6) is 0 Å². The molecule has 0 amide bonds. The molecule has 0 radical (unpaired) electrons. The Balaban J connectivity index is 2.17. The molecule has 0 saturated carbocycles. The lowest BCUT2D eigenvalue weighted by Crippen LogP contribution is -2.28. The van der Waals surface area contributed by atoms with Crippen LogP contribution in [0.2, 0.25) is 0 Å². The molecule has 2 atom stereocenters. The Morgan fingerprint density at radius 1 is 1.44 bits per heavy atom. The van der Waals surface area contributed by atoms with E-state index >= 15 is 0 Å². The molecule has 5 heteroatoms. The summed E-state index contributed by atoms with van der Waals surface area (Å²) in [4.78, 5) is 16.9. The molecule has 1 aromatic rings. The van der Waals surface area contributed by atoms with Crippen molar-refractivity contribution >= 4 is 11.7 Å². The molecule has 1 heterocycles. The first-order chi connectivity index (χ1) is 8.77. The van der Waals surface area contributed by atoms with E-state index in [1.54, 1.807) is 6.92 Å². The maximum Gasteiger partial charge on any atom is 0.356 e. The van der Waals surface area contributed by atoms with Gasteiger partial charge in [-0.3, -0.25) is 0 Å². The highest BCUT2D eigenvalue weighted by atomic mass is 16.6. The molecular formula is C13H15NO4.